The third-order valence-electron chi connectivity index (χ3n) is 1.70. The van der Waals surface area contributed by atoms with Crippen molar-refractivity contribution in [3.8, 4) is 0 Å². The quantitative estimate of drug-likeness (QED) is 0.815. The zero-order valence-electron chi connectivity index (χ0n) is 7.95. The van der Waals surface area contributed by atoms with Gasteiger partial charge < -0.3 is 0 Å². The van der Waals surface area contributed by atoms with Crippen molar-refractivity contribution in [1.29, 1.82) is 0 Å². The summed E-state index contributed by atoms with van der Waals surface area (Å²) >= 11 is 0. The number of rotatable bonds is 4. The van der Waals surface area contributed by atoms with E-state index in [4.69, 9.17) is 4.89 Å². The molecule has 0 bridgehead atoms. The van der Waals surface area contributed by atoms with Crippen molar-refractivity contribution in [2.45, 2.75) is 11.8 Å². The Morgan fingerprint density at radius 2 is 1.87 bits per heavy atom. The van der Waals surface area contributed by atoms with Gasteiger partial charge in [0.2, 0.25) is 15.8 Å². The standard InChI is InChI=1S/C8H9O5PS/c1-7-2-4-8(5-3-7)15(11,12)6-13-14(9)10/h2-5H,6H2,1H3/p+1. The molecule has 0 aliphatic rings. The molecule has 1 aromatic carbocycles. The maximum Gasteiger partial charge on any atom is 0.695 e. The lowest BCUT2D eigenvalue weighted by molar-refractivity contribution is 0.322. The molecule has 1 aromatic rings. The molecule has 15 heavy (non-hydrogen) atoms. The average molecular weight is 249 g/mol. The van der Waals surface area contributed by atoms with Gasteiger partial charge in [-0.05, 0) is 19.1 Å². The number of aryl methyl sites for hydroxylation is 1. The van der Waals surface area contributed by atoms with Crippen molar-refractivity contribution >= 4 is 18.1 Å². The molecule has 1 N–H and O–H groups in total. The molecule has 0 fully saturated rings. The second-order valence-corrected chi connectivity index (χ2v) is 5.58. The molecule has 82 valence electrons. The first-order valence-electron chi connectivity index (χ1n) is 4.00. The lowest BCUT2D eigenvalue weighted by Gasteiger charge is -2.00. The van der Waals surface area contributed by atoms with Gasteiger partial charge in [0.05, 0.1) is 4.90 Å². The molecule has 5 nitrogen and oxygen atoms in total. The van der Waals surface area contributed by atoms with E-state index in [1.807, 2.05) is 6.92 Å². The Hall–Kier alpha value is -0.810. The van der Waals surface area contributed by atoms with Crippen LogP contribution in [0.2, 0.25) is 0 Å². The van der Waals surface area contributed by atoms with Gasteiger partial charge in [0.15, 0.2) is 0 Å². The van der Waals surface area contributed by atoms with Crippen LogP contribution in [-0.4, -0.2) is 19.3 Å². The largest absolute Gasteiger partial charge is 0.695 e. The van der Waals surface area contributed by atoms with Gasteiger partial charge in [0.25, 0.3) is 0 Å². The van der Waals surface area contributed by atoms with Gasteiger partial charge in [-0.1, -0.05) is 17.7 Å². The Labute approximate surface area is 88.6 Å². The normalized spacial score (nSPS) is 12.5. The van der Waals surface area contributed by atoms with Crippen molar-refractivity contribution in [1.82, 2.24) is 0 Å². The summed E-state index contributed by atoms with van der Waals surface area (Å²) in [6, 6.07) is 6.15. The Balaban J connectivity index is 2.87. The maximum atomic E-state index is 11.5. The van der Waals surface area contributed by atoms with E-state index < -0.39 is 24.0 Å². The highest BCUT2D eigenvalue weighted by Crippen LogP contribution is 2.19. The molecule has 0 spiro atoms. The number of sulfone groups is 1. The van der Waals surface area contributed by atoms with Crippen LogP contribution in [0.4, 0.5) is 0 Å². The van der Waals surface area contributed by atoms with Crippen molar-refractivity contribution in [2.75, 3.05) is 5.94 Å². The molecular formula is C8H10O5PS+. The number of hydrogen-bond donors (Lipinski definition) is 1. The van der Waals surface area contributed by atoms with Crippen LogP contribution in [-0.2, 0) is 18.9 Å². The van der Waals surface area contributed by atoms with E-state index in [1.54, 1.807) is 12.1 Å². The van der Waals surface area contributed by atoms with Crippen LogP contribution in [0.3, 0.4) is 0 Å². The van der Waals surface area contributed by atoms with Crippen molar-refractivity contribution < 1.29 is 22.4 Å². The van der Waals surface area contributed by atoms with Crippen molar-refractivity contribution in [3.05, 3.63) is 29.8 Å². The van der Waals surface area contributed by atoms with Gasteiger partial charge in [-0.15, -0.1) is 9.42 Å². The summed E-state index contributed by atoms with van der Waals surface area (Å²) in [5, 5.41) is 0. The number of benzene rings is 1. The Morgan fingerprint density at radius 1 is 1.33 bits per heavy atom. The van der Waals surface area contributed by atoms with Gasteiger partial charge in [0.1, 0.15) is 0 Å². The predicted octanol–water partition coefficient (Wildman–Crippen LogP) is 1.39. The van der Waals surface area contributed by atoms with E-state index >= 15 is 0 Å². The minimum atomic E-state index is -3.64. The molecule has 1 atom stereocenters. The molecule has 1 rings (SSSR count). The third-order valence-corrected chi connectivity index (χ3v) is 3.64. The van der Waals surface area contributed by atoms with E-state index in [9.17, 15) is 13.0 Å². The summed E-state index contributed by atoms with van der Waals surface area (Å²) in [6.45, 7) is 1.83. The lowest BCUT2D eigenvalue weighted by atomic mass is 10.2. The van der Waals surface area contributed by atoms with Crippen LogP contribution in [0.5, 0.6) is 0 Å². The highest BCUT2D eigenvalue weighted by atomic mass is 32.2. The van der Waals surface area contributed by atoms with Crippen molar-refractivity contribution in [3.63, 3.8) is 0 Å². The van der Waals surface area contributed by atoms with Crippen LogP contribution in [0.15, 0.2) is 29.2 Å². The Kier molecular flexibility index (Phi) is 3.93. The Bertz CT molecular complexity index is 450. The zero-order chi connectivity index (χ0) is 11.5. The fourth-order valence-corrected chi connectivity index (χ4v) is 2.53. The molecule has 0 saturated heterocycles. The van der Waals surface area contributed by atoms with E-state index in [0.717, 1.165) is 5.56 Å². The monoisotopic (exact) mass is 249 g/mol. The van der Waals surface area contributed by atoms with Crippen LogP contribution in [0.1, 0.15) is 5.56 Å². The van der Waals surface area contributed by atoms with Crippen LogP contribution < -0.4 is 0 Å². The van der Waals surface area contributed by atoms with Crippen LogP contribution in [0.25, 0.3) is 0 Å². The molecule has 0 aromatic heterocycles. The van der Waals surface area contributed by atoms with E-state index in [2.05, 4.69) is 4.52 Å². The highest BCUT2D eigenvalue weighted by molar-refractivity contribution is 7.91. The predicted molar refractivity (Wildman–Crippen MR) is 54.1 cm³/mol. The Morgan fingerprint density at radius 3 is 2.33 bits per heavy atom. The highest BCUT2D eigenvalue weighted by Gasteiger charge is 2.22. The summed E-state index contributed by atoms with van der Waals surface area (Å²) in [7, 11) is -6.53. The summed E-state index contributed by atoms with van der Waals surface area (Å²) in [5.74, 6) is -0.790. The SMILES string of the molecule is Cc1ccc(S(=O)(=O)CO[P+](=O)O)cc1. The van der Waals surface area contributed by atoms with Crippen molar-refractivity contribution in [2.24, 2.45) is 0 Å². The van der Waals surface area contributed by atoms with Gasteiger partial charge in [-0.3, -0.25) is 0 Å². The van der Waals surface area contributed by atoms with Gasteiger partial charge >= 0.3 is 8.25 Å². The fourth-order valence-electron chi connectivity index (χ4n) is 0.928. The molecule has 0 aliphatic heterocycles. The second-order valence-electron chi connectivity index (χ2n) is 2.91. The van der Waals surface area contributed by atoms with E-state index in [1.165, 1.54) is 12.1 Å². The lowest BCUT2D eigenvalue weighted by Crippen LogP contribution is -2.07. The third kappa shape index (κ3) is 3.68. The molecular weight excluding hydrogens is 239 g/mol. The zero-order valence-corrected chi connectivity index (χ0v) is 9.66. The summed E-state index contributed by atoms with van der Waals surface area (Å²) in [4.78, 5) is 8.40. The molecule has 0 radical (unpaired) electrons. The summed E-state index contributed by atoms with van der Waals surface area (Å²) in [6.07, 6.45) is 0. The molecule has 0 heterocycles. The molecule has 7 heteroatoms. The molecule has 0 aliphatic carbocycles. The minimum absolute atomic E-state index is 0.0740. The second kappa shape index (κ2) is 4.81. The molecule has 0 saturated carbocycles. The average Bonchev–Trinajstić information content (AvgIpc) is 2.16. The van der Waals surface area contributed by atoms with Gasteiger partial charge in [-0.2, -0.15) is 0 Å². The number of hydrogen-bond acceptors (Lipinski definition) is 4. The van der Waals surface area contributed by atoms with Crippen LogP contribution >= 0.6 is 8.25 Å². The maximum absolute atomic E-state index is 11.5. The smallest absolute Gasteiger partial charge is 0.221 e. The van der Waals surface area contributed by atoms with Crippen LogP contribution in [0, 0.1) is 6.92 Å². The topological polar surface area (TPSA) is 80.7 Å². The first-order valence-corrected chi connectivity index (χ1v) is 6.78. The molecule has 0 amide bonds. The van der Waals surface area contributed by atoms with Gasteiger partial charge in [-0.25, -0.2) is 8.42 Å². The first kappa shape index (κ1) is 12.3. The first-order chi connectivity index (χ1) is 6.92. The fraction of sp³-hybridized carbons (Fsp3) is 0.250. The van der Waals surface area contributed by atoms with E-state index in [-0.39, 0.29) is 4.90 Å². The van der Waals surface area contributed by atoms with Gasteiger partial charge in [0, 0.05) is 4.57 Å². The minimum Gasteiger partial charge on any atom is -0.221 e. The summed E-state index contributed by atoms with van der Waals surface area (Å²) < 4.78 is 37.3. The summed E-state index contributed by atoms with van der Waals surface area (Å²) in [5.41, 5.74) is 0.933. The molecule has 1 unspecified atom stereocenters. The van der Waals surface area contributed by atoms with E-state index in [0.29, 0.717) is 0 Å².